The van der Waals surface area contributed by atoms with Crippen molar-refractivity contribution in [2.45, 2.75) is 18.7 Å². The van der Waals surface area contributed by atoms with Crippen LogP contribution in [0, 0.1) is 0 Å². The number of rotatable bonds is 3. The van der Waals surface area contributed by atoms with Gasteiger partial charge in [-0.15, -0.1) is 0 Å². The molecule has 4 nitrogen and oxygen atoms in total. The maximum absolute atomic E-state index is 12.9. The van der Waals surface area contributed by atoms with Crippen LogP contribution in [-0.4, -0.2) is 11.0 Å². The van der Waals surface area contributed by atoms with E-state index in [1.54, 1.807) is 12.1 Å². The van der Waals surface area contributed by atoms with E-state index in [9.17, 15) is 18.0 Å². The average molecular weight is 393 g/mol. The predicted molar refractivity (Wildman–Crippen MR) is 95.3 cm³/mol. The number of ether oxygens (including phenoxy) is 2. The lowest BCUT2D eigenvalue weighted by atomic mass is 10.0. The van der Waals surface area contributed by atoms with E-state index in [0.717, 1.165) is 22.6 Å². The van der Waals surface area contributed by atoms with Gasteiger partial charge in [0.15, 0.2) is 0 Å². The standard InChI is InChI=1S/C19H14F3NO3S/c20-19(21,22)12-3-6-14-15(7-8-25-16(14)9-12)26-13-4-1-11(2-5-13)17-10-18(24)23-27-17/h1-6,9-10,15H,7-8H2,(H,23,24). The van der Waals surface area contributed by atoms with E-state index < -0.39 is 11.7 Å². The van der Waals surface area contributed by atoms with E-state index in [1.807, 2.05) is 12.1 Å². The van der Waals surface area contributed by atoms with Crippen LogP contribution < -0.4 is 15.0 Å². The van der Waals surface area contributed by atoms with Crippen molar-refractivity contribution in [2.24, 2.45) is 0 Å². The summed E-state index contributed by atoms with van der Waals surface area (Å²) in [6, 6.07) is 12.2. The van der Waals surface area contributed by atoms with E-state index in [2.05, 4.69) is 4.37 Å². The molecular weight excluding hydrogens is 379 g/mol. The van der Waals surface area contributed by atoms with Gasteiger partial charge in [-0.3, -0.25) is 9.17 Å². The van der Waals surface area contributed by atoms with Gasteiger partial charge in [-0.05, 0) is 42.0 Å². The zero-order valence-electron chi connectivity index (χ0n) is 13.9. The van der Waals surface area contributed by atoms with E-state index in [-0.39, 0.29) is 24.0 Å². The van der Waals surface area contributed by atoms with Gasteiger partial charge in [0.25, 0.3) is 5.56 Å². The Kier molecular flexibility index (Phi) is 4.43. The summed E-state index contributed by atoms with van der Waals surface area (Å²) in [6.45, 7) is 0.286. The molecule has 1 unspecified atom stereocenters. The molecule has 140 valence electrons. The number of aromatic nitrogens is 1. The highest BCUT2D eigenvalue weighted by Gasteiger charge is 2.33. The SMILES string of the molecule is O=c1cc(-c2ccc(OC3CCOc4cc(C(F)(F)F)ccc43)cc2)s[nH]1. The van der Waals surface area contributed by atoms with Crippen molar-refractivity contribution in [3.05, 3.63) is 70.0 Å². The molecule has 27 heavy (non-hydrogen) atoms. The second kappa shape index (κ2) is 6.77. The number of hydrogen-bond donors (Lipinski definition) is 1. The number of nitrogens with one attached hydrogen (secondary N) is 1. The Morgan fingerprint density at radius 2 is 1.89 bits per heavy atom. The molecule has 1 N–H and O–H groups in total. The van der Waals surface area contributed by atoms with Gasteiger partial charge in [-0.1, -0.05) is 17.6 Å². The molecule has 0 saturated heterocycles. The van der Waals surface area contributed by atoms with E-state index in [4.69, 9.17) is 9.47 Å². The van der Waals surface area contributed by atoms with Gasteiger partial charge in [0, 0.05) is 18.1 Å². The van der Waals surface area contributed by atoms with Crippen molar-refractivity contribution in [1.29, 1.82) is 0 Å². The van der Waals surface area contributed by atoms with Gasteiger partial charge in [0.2, 0.25) is 0 Å². The molecule has 0 radical (unpaired) electrons. The summed E-state index contributed by atoms with van der Waals surface area (Å²) in [5, 5.41) is 0. The van der Waals surface area contributed by atoms with Crippen LogP contribution in [0.3, 0.4) is 0 Å². The van der Waals surface area contributed by atoms with Crippen LogP contribution in [0.25, 0.3) is 10.4 Å². The molecule has 2 heterocycles. The fourth-order valence-electron chi connectivity index (χ4n) is 2.94. The van der Waals surface area contributed by atoms with E-state index >= 15 is 0 Å². The van der Waals surface area contributed by atoms with E-state index in [1.165, 1.54) is 23.7 Å². The molecule has 4 rings (SSSR count). The van der Waals surface area contributed by atoms with Crippen LogP contribution in [0.2, 0.25) is 0 Å². The van der Waals surface area contributed by atoms with Crippen LogP contribution in [-0.2, 0) is 6.18 Å². The molecule has 2 aromatic carbocycles. The Hall–Kier alpha value is -2.74. The second-order valence-corrected chi connectivity index (χ2v) is 6.94. The summed E-state index contributed by atoms with van der Waals surface area (Å²) < 4.78 is 52.6. The van der Waals surface area contributed by atoms with Crippen LogP contribution in [0.5, 0.6) is 11.5 Å². The Morgan fingerprint density at radius 1 is 1.11 bits per heavy atom. The number of benzene rings is 2. The molecule has 8 heteroatoms. The Bertz CT molecular complexity index is 1010. The second-order valence-electron chi connectivity index (χ2n) is 6.10. The Labute approximate surface area is 156 Å². The normalized spacial score (nSPS) is 16.5. The Balaban J connectivity index is 1.55. The number of aromatic amines is 1. The first-order valence-electron chi connectivity index (χ1n) is 8.20. The summed E-state index contributed by atoms with van der Waals surface area (Å²) in [7, 11) is 0. The van der Waals surface area contributed by atoms with Crippen molar-refractivity contribution < 1.29 is 22.6 Å². The smallest absolute Gasteiger partial charge is 0.416 e. The van der Waals surface area contributed by atoms with Crippen LogP contribution >= 0.6 is 11.5 Å². The molecule has 1 aromatic heterocycles. The molecule has 0 fully saturated rings. The number of hydrogen-bond acceptors (Lipinski definition) is 4. The fraction of sp³-hybridized carbons (Fsp3) is 0.211. The predicted octanol–water partition coefficient (Wildman–Crippen LogP) is 5.02. The zero-order valence-corrected chi connectivity index (χ0v) is 14.7. The third-order valence-corrected chi connectivity index (χ3v) is 5.14. The summed E-state index contributed by atoms with van der Waals surface area (Å²) in [6.07, 6.45) is -4.25. The molecule has 1 aliphatic heterocycles. The van der Waals surface area contributed by atoms with Gasteiger partial charge < -0.3 is 9.47 Å². The van der Waals surface area contributed by atoms with Crippen molar-refractivity contribution in [1.82, 2.24) is 4.37 Å². The minimum absolute atomic E-state index is 0.146. The van der Waals surface area contributed by atoms with Crippen molar-refractivity contribution in [3.63, 3.8) is 0 Å². The number of fused-ring (bicyclic) bond motifs is 1. The first kappa shape index (κ1) is 17.7. The maximum atomic E-state index is 12.9. The topological polar surface area (TPSA) is 51.3 Å². The third-order valence-electron chi connectivity index (χ3n) is 4.27. The van der Waals surface area contributed by atoms with E-state index in [0.29, 0.717) is 17.7 Å². The van der Waals surface area contributed by atoms with Crippen LogP contribution in [0.4, 0.5) is 13.2 Å². The lowest BCUT2D eigenvalue weighted by Gasteiger charge is -2.27. The van der Waals surface area contributed by atoms with Crippen molar-refractivity contribution >= 4 is 11.5 Å². The first-order chi connectivity index (χ1) is 12.9. The quantitative estimate of drug-likeness (QED) is 0.679. The zero-order chi connectivity index (χ0) is 19.0. The molecular formula is C19H14F3NO3S. The van der Waals surface area contributed by atoms with Gasteiger partial charge in [-0.25, -0.2) is 0 Å². The highest BCUT2D eigenvalue weighted by molar-refractivity contribution is 7.09. The summed E-state index contributed by atoms with van der Waals surface area (Å²) in [5.74, 6) is 0.800. The lowest BCUT2D eigenvalue weighted by Crippen LogP contribution is -2.19. The maximum Gasteiger partial charge on any atom is 0.416 e. The minimum Gasteiger partial charge on any atom is -0.493 e. The Morgan fingerprint density at radius 3 is 2.56 bits per heavy atom. The highest BCUT2D eigenvalue weighted by atomic mass is 32.1. The molecule has 0 saturated carbocycles. The number of alkyl halides is 3. The third kappa shape index (κ3) is 3.71. The molecule has 0 bridgehead atoms. The largest absolute Gasteiger partial charge is 0.493 e. The summed E-state index contributed by atoms with van der Waals surface area (Å²) in [4.78, 5) is 12.1. The van der Waals surface area contributed by atoms with Crippen LogP contribution in [0.15, 0.2) is 53.3 Å². The molecule has 3 aromatic rings. The highest BCUT2D eigenvalue weighted by Crippen LogP contribution is 2.39. The lowest BCUT2D eigenvalue weighted by molar-refractivity contribution is -0.137. The number of halogens is 3. The van der Waals surface area contributed by atoms with Gasteiger partial charge in [0.05, 0.1) is 17.0 Å². The van der Waals surface area contributed by atoms with Gasteiger partial charge in [-0.2, -0.15) is 13.2 Å². The number of H-pyrrole nitrogens is 1. The minimum atomic E-state index is -4.41. The van der Waals surface area contributed by atoms with Crippen LogP contribution in [0.1, 0.15) is 23.7 Å². The molecule has 0 spiro atoms. The van der Waals surface area contributed by atoms with Crippen molar-refractivity contribution in [3.8, 4) is 21.9 Å². The average Bonchev–Trinajstić information content (AvgIpc) is 3.08. The molecule has 1 atom stereocenters. The first-order valence-corrected chi connectivity index (χ1v) is 9.01. The van der Waals surface area contributed by atoms with Crippen molar-refractivity contribution in [2.75, 3.05) is 6.61 Å². The molecule has 0 amide bonds. The monoisotopic (exact) mass is 393 g/mol. The van der Waals surface area contributed by atoms with Gasteiger partial charge in [0.1, 0.15) is 17.6 Å². The molecule has 0 aliphatic carbocycles. The molecule has 1 aliphatic rings. The summed E-state index contributed by atoms with van der Waals surface area (Å²) in [5.41, 5.74) is 0.596. The summed E-state index contributed by atoms with van der Waals surface area (Å²) >= 11 is 1.25. The fourth-order valence-corrected chi connectivity index (χ4v) is 3.63. The van der Waals surface area contributed by atoms with Gasteiger partial charge >= 0.3 is 6.18 Å².